The first-order chi connectivity index (χ1) is 10.7. The van der Waals surface area contributed by atoms with Crippen LogP contribution in [-0.2, 0) is 4.79 Å². The number of methoxy groups -OCH3 is 2. The molecule has 1 aromatic carbocycles. The maximum Gasteiger partial charge on any atom is 0.303 e. The number of carbonyl (C=O) groups is 1. The lowest BCUT2D eigenvalue weighted by Gasteiger charge is -2.25. The lowest BCUT2D eigenvalue weighted by atomic mass is 10.0. The fourth-order valence-corrected chi connectivity index (χ4v) is 3.12. The van der Waals surface area contributed by atoms with Crippen LogP contribution in [0.5, 0.6) is 11.5 Å². The quantitative estimate of drug-likeness (QED) is 0.748. The molecule has 0 aliphatic carbocycles. The van der Waals surface area contributed by atoms with Gasteiger partial charge in [-0.05, 0) is 56.5 Å². The summed E-state index contributed by atoms with van der Waals surface area (Å²) in [5, 5.41) is 8.70. The van der Waals surface area contributed by atoms with E-state index in [2.05, 4.69) is 17.0 Å². The van der Waals surface area contributed by atoms with Crippen LogP contribution in [0.25, 0.3) is 0 Å². The third kappa shape index (κ3) is 4.13. The van der Waals surface area contributed by atoms with Crippen LogP contribution in [0.3, 0.4) is 0 Å². The summed E-state index contributed by atoms with van der Waals surface area (Å²) in [4.78, 5) is 13.0. The second-order valence-electron chi connectivity index (χ2n) is 5.66. The van der Waals surface area contributed by atoms with Crippen molar-refractivity contribution in [1.82, 2.24) is 4.90 Å². The highest BCUT2D eigenvalue weighted by molar-refractivity contribution is 5.66. The van der Waals surface area contributed by atoms with Crippen LogP contribution in [0, 0.1) is 0 Å². The van der Waals surface area contributed by atoms with Crippen LogP contribution in [0.15, 0.2) is 18.2 Å². The van der Waals surface area contributed by atoms with Crippen molar-refractivity contribution in [2.45, 2.75) is 38.1 Å². The van der Waals surface area contributed by atoms with Crippen molar-refractivity contribution >= 4 is 5.97 Å². The molecule has 0 radical (unpaired) electrons. The number of nitrogens with zero attached hydrogens (tertiary/aromatic N) is 1. The molecule has 1 saturated heterocycles. The Morgan fingerprint density at radius 1 is 1.27 bits per heavy atom. The SMILES string of the molecule is COc1ccc(C2CCCN2CCCCC(=O)O)cc1OC. The fourth-order valence-electron chi connectivity index (χ4n) is 3.12. The van der Waals surface area contributed by atoms with E-state index in [0.717, 1.165) is 43.9 Å². The Balaban J connectivity index is 1.99. The van der Waals surface area contributed by atoms with Gasteiger partial charge < -0.3 is 14.6 Å². The molecule has 1 N–H and O–H groups in total. The van der Waals surface area contributed by atoms with Gasteiger partial charge in [0.05, 0.1) is 14.2 Å². The molecule has 0 amide bonds. The number of aliphatic carboxylic acids is 1. The van der Waals surface area contributed by atoms with Crippen molar-refractivity contribution in [3.05, 3.63) is 23.8 Å². The first-order valence-electron chi connectivity index (χ1n) is 7.83. The van der Waals surface area contributed by atoms with Crippen LogP contribution in [0.2, 0.25) is 0 Å². The van der Waals surface area contributed by atoms with Crippen LogP contribution in [0.4, 0.5) is 0 Å². The Kier molecular flexibility index (Phi) is 6.07. The van der Waals surface area contributed by atoms with Gasteiger partial charge in [-0.2, -0.15) is 0 Å². The maximum absolute atomic E-state index is 10.6. The van der Waals surface area contributed by atoms with E-state index in [1.165, 1.54) is 12.0 Å². The molecule has 2 rings (SSSR count). The van der Waals surface area contributed by atoms with Crippen LogP contribution in [-0.4, -0.2) is 43.3 Å². The van der Waals surface area contributed by atoms with Gasteiger partial charge in [0.15, 0.2) is 11.5 Å². The van der Waals surface area contributed by atoms with Gasteiger partial charge in [0.25, 0.3) is 0 Å². The molecule has 1 heterocycles. The summed E-state index contributed by atoms with van der Waals surface area (Å²) in [5.74, 6) is 0.799. The zero-order chi connectivity index (χ0) is 15.9. The monoisotopic (exact) mass is 307 g/mol. The van der Waals surface area contributed by atoms with E-state index in [0.29, 0.717) is 6.04 Å². The molecule has 1 atom stereocenters. The molecular weight excluding hydrogens is 282 g/mol. The highest BCUT2D eigenvalue weighted by Gasteiger charge is 2.26. The summed E-state index contributed by atoms with van der Waals surface area (Å²) in [6, 6.07) is 6.50. The van der Waals surface area contributed by atoms with Gasteiger partial charge >= 0.3 is 5.97 Å². The molecule has 1 aliphatic heterocycles. The predicted octanol–water partition coefficient (Wildman–Crippen LogP) is 3.10. The van der Waals surface area contributed by atoms with Gasteiger partial charge in [-0.3, -0.25) is 9.69 Å². The molecule has 0 aromatic heterocycles. The third-order valence-electron chi connectivity index (χ3n) is 4.24. The molecule has 0 spiro atoms. The number of carboxylic acid groups (broad SMARTS) is 1. The largest absolute Gasteiger partial charge is 0.493 e. The lowest BCUT2D eigenvalue weighted by molar-refractivity contribution is -0.137. The van der Waals surface area contributed by atoms with E-state index in [1.54, 1.807) is 14.2 Å². The molecule has 5 nitrogen and oxygen atoms in total. The topological polar surface area (TPSA) is 59.0 Å². The van der Waals surface area contributed by atoms with Gasteiger partial charge in [-0.1, -0.05) is 6.07 Å². The molecule has 22 heavy (non-hydrogen) atoms. The number of hydrogen-bond acceptors (Lipinski definition) is 4. The number of benzene rings is 1. The molecule has 1 aliphatic rings. The van der Waals surface area contributed by atoms with Crippen LogP contribution in [0.1, 0.15) is 43.7 Å². The molecule has 0 saturated carbocycles. The van der Waals surface area contributed by atoms with Crippen LogP contribution < -0.4 is 9.47 Å². The first kappa shape index (κ1) is 16.6. The van der Waals surface area contributed by atoms with Crippen LogP contribution >= 0.6 is 0 Å². The highest BCUT2D eigenvalue weighted by Crippen LogP contribution is 2.36. The second-order valence-corrected chi connectivity index (χ2v) is 5.66. The Hall–Kier alpha value is -1.75. The van der Waals surface area contributed by atoms with Crippen molar-refractivity contribution in [2.75, 3.05) is 27.3 Å². The van der Waals surface area contributed by atoms with Gasteiger partial charge in [-0.15, -0.1) is 0 Å². The third-order valence-corrected chi connectivity index (χ3v) is 4.24. The number of rotatable bonds is 8. The normalized spacial score (nSPS) is 18.4. The number of ether oxygens (including phenoxy) is 2. The maximum atomic E-state index is 10.6. The number of carboxylic acids is 1. The van der Waals surface area contributed by atoms with Crippen molar-refractivity contribution in [3.8, 4) is 11.5 Å². The molecule has 1 fully saturated rings. The highest BCUT2D eigenvalue weighted by atomic mass is 16.5. The van der Waals surface area contributed by atoms with Crippen molar-refractivity contribution in [3.63, 3.8) is 0 Å². The minimum atomic E-state index is -0.710. The van der Waals surface area contributed by atoms with Gasteiger partial charge in [0.2, 0.25) is 0 Å². The Morgan fingerprint density at radius 3 is 2.73 bits per heavy atom. The summed E-state index contributed by atoms with van der Waals surface area (Å²) >= 11 is 0. The van der Waals surface area contributed by atoms with Crippen molar-refractivity contribution in [2.24, 2.45) is 0 Å². The Labute approximate surface area is 131 Å². The summed E-state index contributed by atoms with van der Waals surface area (Å²) in [5.41, 5.74) is 1.24. The minimum absolute atomic E-state index is 0.259. The first-order valence-corrected chi connectivity index (χ1v) is 7.83. The van der Waals surface area contributed by atoms with Gasteiger partial charge in [0.1, 0.15) is 0 Å². The standard InChI is InChI=1S/C17H25NO4/c1-21-15-9-8-13(12-16(15)22-2)14-6-5-11-18(14)10-4-3-7-17(19)20/h8-9,12,14H,3-7,10-11H2,1-2H3,(H,19,20). The van der Waals surface area contributed by atoms with E-state index in [1.807, 2.05) is 6.07 Å². The molecule has 0 bridgehead atoms. The summed E-state index contributed by atoms with van der Waals surface area (Å²) in [6.45, 7) is 2.03. The number of unbranched alkanes of at least 4 members (excludes halogenated alkanes) is 1. The van der Waals surface area contributed by atoms with E-state index in [9.17, 15) is 4.79 Å². The van der Waals surface area contributed by atoms with Gasteiger partial charge in [0, 0.05) is 12.5 Å². The Bertz CT molecular complexity index is 503. The Morgan fingerprint density at radius 2 is 2.05 bits per heavy atom. The van der Waals surface area contributed by atoms with Gasteiger partial charge in [-0.25, -0.2) is 0 Å². The molecule has 122 valence electrons. The zero-order valence-corrected chi connectivity index (χ0v) is 13.4. The zero-order valence-electron chi connectivity index (χ0n) is 13.4. The molecule has 5 heteroatoms. The second kappa shape index (κ2) is 8.03. The fraction of sp³-hybridized carbons (Fsp3) is 0.588. The number of likely N-dealkylation sites (tertiary alicyclic amines) is 1. The summed E-state index contributed by atoms with van der Waals surface area (Å²) in [7, 11) is 3.29. The number of hydrogen-bond donors (Lipinski definition) is 1. The van der Waals surface area contributed by atoms with E-state index in [-0.39, 0.29) is 6.42 Å². The average Bonchev–Trinajstić information content (AvgIpc) is 2.99. The smallest absolute Gasteiger partial charge is 0.303 e. The predicted molar refractivity (Wildman–Crippen MR) is 84.6 cm³/mol. The summed E-state index contributed by atoms with van der Waals surface area (Å²) in [6.07, 6.45) is 4.24. The molecule has 1 aromatic rings. The van der Waals surface area contributed by atoms with E-state index < -0.39 is 5.97 Å². The summed E-state index contributed by atoms with van der Waals surface area (Å²) < 4.78 is 10.7. The molecule has 1 unspecified atom stereocenters. The van der Waals surface area contributed by atoms with E-state index in [4.69, 9.17) is 14.6 Å². The lowest BCUT2D eigenvalue weighted by Crippen LogP contribution is -2.24. The minimum Gasteiger partial charge on any atom is -0.493 e. The molecular formula is C17H25NO4. The average molecular weight is 307 g/mol. The van der Waals surface area contributed by atoms with E-state index >= 15 is 0 Å². The van der Waals surface area contributed by atoms with Crippen molar-refractivity contribution < 1.29 is 19.4 Å². The van der Waals surface area contributed by atoms with Crippen molar-refractivity contribution in [1.29, 1.82) is 0 Å².